The first-order valence-corrected chi connectivity index (χ1v) is 8.09. The minimum absolute atomic E-state index is 0.763. The third kappa shape index (κ3) is 3.40. The van der Waals surface area contributed by atoms with Crippen molar-refractivity contribution in [2.24, 2.45) is 0 Å². The van der Waals surface area contributed by atoms with Gasteiger partial charge in [-0.3, -0.25) is 0 Å². The number of imidazole rings is 2. The van der Waals surface area contributed by atoms with E-state index < -0.39 is 0 Å². The molecule has 0 atom stereocenters. The largest absolute Gasteiger partial charge is 0.341 e. The smallest absolute Gasteiger partial charge is 0.181 e. The van der Waals surface area contributed by atoms with Gasteiger partial charge in [0, 0.05) is 12.1 Å². The average Bonchev–Trinajstić information content (AvgIpc) is 3.13. The lowest BCUT2D eigenvalue weighted by atomic mass is 10.3. The summed E-state index contributed by atoms with van der Waals surface area (Å²) >= 11 is 0. The van der Waals surface area contributed by atoms with E-state index in [1.54, 1.807) is 6.20 Å². The van der Waals surface area contributed by atoms with Crippen molar-refractivity contribution in [2.75, 3.05) is 0 Å². The van der Waals surface area contributed by atoms with Crippen LogP contribution in [0, 0.1) is 13.8 Å². The summed E-state index contributed by atoms with van der Waals surface area (Å²) in [6, 6.07) is 4.06. The number of H-pyrrole nitrogens is 2. The topological polar surface area (TPSA) is 96.0 Å². The van der Waals surface area contributed by atoms with Gasteiger partial charge in [0.2, 0.25) is 0 Å². The first kappa shape index (κ1) is 16.0. The number of aromatic amines is 2. The van der Waals surface area contributed by atoms with Crippen LogP contribution in [-0.2, 0) is 12.8 Å². The highest BCUT2D eigenvalue weighted by Crippen LogP contribution is 2.09. The Balaban J connectivity index is 0.000000141. The van der Waals surface area contributed by atoms with Gasteiger partial charge in [-0.2, -0.15) is 0 Å². The Morgan fingerprint density at radius 1 is 0.792 bits per heavy atom. The Kier molecular flexibility index (Phi) is 4.50. The maximum Gasteiger partial charge on any atom is 0.181 e. The predicted molar refractivity (Wildman–Crippen MR) is 93.8 cm³/mol. The molecular formula is C17H21N7. The molecule has 4 rings (SSSR count). The molecule has 0 aliphatic carbocycles. The summed E-state index contributed by atoms with van der Waals surface area (Å²) in [5.74, 6) is 2.65. The molecule has 0 radical (unpaired) electrons. The molecule has 0 amide bonds. The van der Waals surface area contributed by atoms with E-state index in [4.69, 9.17) is 0 Å². The van der Waals surface area contributed by atoms with E-state index in [0.717, 1.165) is 58.3 Å². The van der Waals surface area contributed by atoms with Crippen molar-refractivity contribution in [1.82, 2.24) is 34.9 Å². The fourth-order valence-electron chi connectivity index (χ4n) is 2.38. The molecule has 0 fully saturated rings. The average molecular weight is 323 g/mol. The third-order valence-corrected chi connectivity index (χ3v) is 3.61. The first-order valence-electron chi connectivity index (χ1n) is 8.09. The Hall–Kier alpha value is -2.83. The van der Waals surface area contributed by atoms with Gasteiger partial charge in [-0.1, -0.05) is 13.8 Å². The lowest BCUT2D eigenvalue weighted by Gasteiger charge is -1.92. The maximum atomic E-state index is 4.37. The molecule has 24 heavy (non-hydrogen) atoms. The van der Waals surface area contributed by atoms with Gasteiger partial charge in [-0.05, 0) is 32.4 Å². The van der Waals surface area contributed by atoms with Crippen LogP contribution in [0.4, 0.5) is 0 Å². The molecule has 2 N–H and O–H groups in total. The highest BCUT2D eigenvalue weighted by atomic mass is 15.0. The van der Waals surface area contributed by atoms with Gasteiger partial charge in [0.15, 0.2) is 11.3 Å². The van der Waals surface area contributed by atoms with Gasteiger partial charge in [0.05, 0.1) is 11.7 Å². The summed E-state index contributed by atoms with van der Waals surface area (Å²) in [6.45, 7) is 7.97. The Bertz CT molecular complexity index is 888. The van der Waals surface area contributed by atoms with Gasteiger partial charge >= 0.3 is 0 Å². The Morgan fingerprint density at radius 3 is 2.12 bits per heavy atom. The number of pyridine rings is 1. The SMILES string of the molecule is CCc1ccc2[nH]c(C)nc2n1.CCc1ncc2[nH]c(C)nc2n1. The summed E-state index contributed by atoms with van der Waals surface area (Å²) < 4.78 is 0. The number of aromatic nitrogens is 7. The number of hydrogen-bond acceptors (Lipinski definition) is 5. The molecule has 124 valence electrons. The molecule has 7 nitrogen and oxygen atoms in total. The molecule has 0 aliphatic heterocycles. The highest BCUT2D eigenvalue weighted by molar-refractivity contribution is 5.70. The number of nitrogens with one attached hydrogen (secondary N) is 2. The van der Waals surface area contributed by atoms with E-state index in [0.29, 0.717) is 0 Å². The zero-order chi connectivity index (χ0) is 17.1. The summed E-state index contributed by atoms with van der Waals surface area (Å²) in [6.07, 6.45) is 3.59. The molecule has 0 bridgehead atoms. The van der Waals surface area contributed by atoms with Gasteiger partial charge < -0.3 is 9.97 Å². The zero-order valence-electron chi connectivity index (χ0n) is 14.4. The van der Waals surface area contributed by atoms with Crippen LogP contribution in [-0.4, -0.2) is 34.9 Å². The van der Waals surface area contributed by atoms with Gasteiger partial charge in [-0.15, -0.1) is 0 Å². The lowest BCUT2D eigenvalue weighted by molar-refractivity contribution is 0.955. The fraction of sp³-hybridized carbons (Fsp3) is 0.353. The van der Waals surface area contributed by atoms with Crippen LogP contribution >= 0.6 is 0 Å². The quantitative estimate of drug-likeness (QED) is 0.591. The van der Waals surface area contributed by atoms with Crippen LogP contribution < -0.4 is 0 Å². The van der Waals surface area contributed by atoms with Crippen LogP contribution in [0.15, 0.2) is 18.3 Å². The molecule has 0 unspecified atom stereocenters. The van der Waals surface area contributed by atoms with Crippen LogP contribution in [0.5, 0.6) is 0 Å². The van der Waals surface area contributed by atoms with Crippen LogP contribution in [0.2, 0.25) is 0 Å². The van der Waals surface area contributed by atoms with Crippen molar-refractivity contribution in [3.8, 4) is 0 Å². The van der Waals surface area contributed by atoms with Crippen molar-refractivity contribution in [2.45, 2.75) is 40.5 Å². The monoisotopic (exact) mass is 323 g/mol. The van der Waals surface area contributed by atoms with Gasteiger partial charge in [0.25, 0.3) is 0 Å². The molecule has 7 heteroatoms. The Labute approximate surface area is 140 Å². The number of hydrogen-bond donors (Lipinski definition) is 2. The van der Waals surface area contributed by atoms with Crippen molar-refractivity contribution in [1.29, 1.82) is 0 Å². The molecule has 0 spiro atoms. The van der Waals surface area contributed by atoms with Crippen molar-refractivity contribution >= 4 is 22.3 Å². The van der Waals surface area contributed by atoms with Crippen molar-refractivity contribution < 1.29 is 0 Å². The van der Waals surface area contributed by atoms with Gasteiger partial charge in [-0.25, -0.2) is 24.9 Å². The molecule has 4 heterocycles. The fourth-order valence-corrected chi connectivity index (χ4v) is 2.38. The molecule has 0 saturated carbocycles. The second kappa shape index (κ2) is 6.74. The molecule has 0 saturated heterocycles. The maximum absolute atomic E-state index is 4.37. The molecular weight excluding hydrogens is 302 g/mol. The second-order valence-corrected chi connectivity index (χ2v) is 5.55. The Morgan fingerprint density at radius 2 is 1.46 bits per heavy atom. The standard InChI is InChI=1S/C9H11N3.C8H10N4/c1-3-7-4-5-8-9(12-7)11-6(2)10-8;1-3-7-9-4-6-8(12-7)11-5(2)10-6/h4-5H,3H2,1-2H3,(H,10,11,12);4H,3H2,1-2H3,(H,9,10,11,12). The molecule has 4 aromatic heterocycles. The number of rotatable bonds is 2. The second-order valence-electron chi connectivity index (χ2n) is 5.55. The molecule has 0 aliphatic rings. The molecule has 4 aromatic rings. The van der Waals surface area contributed by atoms with Crippen molar-refractivity contribution in [3.63, 3.8) is 0 Å². The summed E-state index contributed by atoms with van der Waals surface area (Å²) in [5.41, 5.74) is 4.61. The minimum Gasteiger partial charge on any atom is -0.341 e. The predicted octanol–water partition coefficient (Wildman–Crippen LogP) is 3.05. The highest BCUT2D eigenvalue weighted by Gasteiger charge is 2.01. The zero-order valence-corrected chi connectivity index (χ0v) is 14.4. The third-order valence-electron chi connectivity index (χ3n) is 3.61. The molecule has 0 aromatic carbocycles. The number of aryl methyl sites for hydroxylation is 4. The lowest BCUT2D eigenvalue weighted by Crippen LogP contribution is -1.91. The summed E-state index contributed by atoms with van der Waals surface area (Å²) in [7, 11) is 0. The van der Waals surface area contributed by atoms with E-state index >= 15 is 0 Å². The van der Waals surface area contributed by atoms with Crippen molar-refractivity contribution in [3.05, 3.63) is 41.5 Å². The van der Waals surface area contributed by atoms with E-state index in [1.165, 1.54) is 0 Å². The first-order chi connectivity index (χ1) is 11.6. The minimum atomic E-state index is 0.763. The normalized spacial score (nSPS) is 10.8. The number of fused-ring (bicyclic) bond motifs is 2. The van der Waals surface area contributed by atoms with E-state index in [2.05, 4.69) is 41.8 Å². The van der Waals surface area contributed by atoms with E-state index in [1.807, 2.05) is 32.9 Å². The van der Waals surface area contributed by atoms with E-state index in [-0.39, 0.29) is 0 Å². The number of nitrogens with zero attached hydrogens (tertiary/aromatic N) is 5. The van der Waals surface area contributed by atoms with Crippen LogP contribution in [0.3, 0.4) is 0 Å². The summed E-state index contributed by atoms with van der Waals surface area (Å²) in [4.78, 5) is 27.5. The van der Waals surface area contributed by atoms with E-state index in [9.17, 15) is 0 Å². The van der Waals surface area contributed by atoms with Gasteiger partial charge in [0.1, 0.15) is 23.0 Å². The summed E-state index contributed by atoms with van der Waals surface area (Å²) in [5, 5.41) is 0. The van der Waals surface area contributed by atoms with Crippen LogP contribution in [0.1, 0.15) is 37.0 Å². The van der Waals surface area contributed by atoms with Crippen LogP contribution in [0.25, 0.3) is 22.3 Å².